The Morgan fingerprint density at radius 3 is 2.69 bits per heavy atom. The first-order valence-corrected chi connectivity index (χ1v) is 5.69. The summed E-state index contributed by atoms with van der Waals surface area (Å²) in [5.74, 6) is 0.940. The molecule has 1 aromatic rings. The van der Waals surface area contributed by atoms with Gasteiger partial charge in [-0.1, -0.05) is 24.3 Å². The number of aliphatic imine (C=N–C) groups is 1. The molecule has 1 aliphatic rings. The molecule has 0 radical (unpaired) electrons. The Kier molecular flexibility index (Phi) is 3.57. The highest BCUT2D eigenvalue weighted by Crippen LogP contribution is 2.08. The van der Waals surface area contributed by atoms with Crippen LogP contribution in [0.3, 0.4) is 0 Å². The summed E-state index contributed by atoms with van der Waals surface area (Å²) in [5, 5.41) is 2.92. The molecule has 1 aliphatic heterocycles. The predicted molar refractivity (Wildman–Crippen MR) is 65.0 cm³/mol. The Morgan fingerprint density at radius 1 is 1.38 bits per heavy atom. The van der Waals surface area contributed by atoms with E-state index < -0.39 is 0 Å². The van der Waals surface area contributed by atoms with E-state index >= 15 is 0 Å². The van der Waals surface area contributed by atoms with Crippen LogP contribution in [-0.4, -0.2) is 24.2 Å². The molecule has 1 aromatic carbocycles. The lowest BCUT2D eigenvalue weighted by molar-refractivity contribution is -0.111. The average Bonchev–Trinajstić information content (AvgIpc) is 2.30. The van der Waals surface area contributed by atoms with E-state index in [0.29, 0.717) is 0 Å². The lowest BCUT2D eigenvalue weighted by Gasteiger charge is -2.14. The molecule has 0 bridgehead atoms. The lowest BCUT2D eigenvalue weighted by Crippen LogP contribution is -2.30. The summed E-state index contributed by atoms with van der Waals surface area (Å²) < 4.78 is 0. The summed E-state index contributed by atoms with van der Waals surface area (Å²) in [6, 6.07) is 7.75. The normalized spacial score (nSPS) is 15.2. The molecule has 0 aromatic heterocycles. The van der Waals surface area contributed by atoms with Crippen LogP contribution in [-0.2, 0) is 11.2 Å². The number of amidine groups is 1. The summed E-state index contributed by atoms with van der Waals surface area (Å²) >= 11 is 5.33. The predicted octanol–water partition coefficient (Wildman–Crippen LogP) is 1.73. The Hall–Kier alpha value is -1.35. The van der Waals surface area contributed by atoms with Gasteiger partial charge in [-0.25, -0.2) is 0 Å². The molecule has 0 amide bonds. The van der Waals surface area contributed by atoms with Gasteiger partial charge in [0.2, 0.25) is 5.24 Å². The Balaban J connectivity index is 2.12. The number of halogens is 1. The first kappa shape index (κ1) is 11.1. The molecule has 0 fully saturated rings. The number of carbonyl (C=O) groups excluding carboxylic acids is 1. The largest absolute Gasteiger partial charge is 0.370 e. The molecule has 0 saturated carbocycles. The molecule has 1 heterocycles. The molecule has 0 atom stereocenters. The first-order valence-electron chi connectivity index (χ1n) is 5.31. The van der Waals surface area contributed by atoms with Gasteiger partial charge in [-0.05, 0) is 23.6 Å². The molecule has 16 heavy (non-hydrogen) atoms. The molecular formula is C12H13ClN2O. The van der Waals surface area contributed by atoms with Crippen molar-refractivity contribution in [2.75, 3.05) is 13.1 Å². The lowest BCUT2D eigenvalue weighted by atomic mass is 10.1. The van der Waals surface area contributed by atoms with Crippen LogP contribution in [0.25, 0.3) is 0 Å². The van der Waals surface area contributed by atoms with E-state index in [9.17, 15) is 4.79 Å². The number of hydrogen-bond acceptors (Lipinski definition) is 3. The van der Waals surface area contributed by atoms with Crippen LogP contribution in [0.2, 0.25) is 0 Å². The second-order valence-corrected chi connectivity index (χ2v) is 4.16. The average molecular weight is 237 g/mol. The quantitative estimate of drug-likeness (QED) is 0.813. The fourth-order valence-corrected chi connectivity index (χ4v) is 1.82. The van der Waals surface area contributed by atoms with E-state index in [0.717, 1.165) is 36.5 Å². The summed E-state index contributed by atoms with van der Waals surface area (Å²) in [6.07, 6.45) is 1.37. The van der Waals surface area contributed by atoms with Gasteiger partial charge < -0.3 is 5.32 Å². The summed E-state index contributed by atoms with van der Waals surface area (Å²) in [6.45, 7) is 1.85. The van der Waals surface area contributed by atoms with E-state index in [4.69, 9.17) is 11.6 Å². The highest BCUT2D eigenvalue weighted by Gasteiger charge is 2.07. The highest BCUT2D eigenvalue weighted by atomic mass is 35.5. The van der Waals surface area contributed by atoms with Gasteiger partial charge in [-0.3, -0.25) is 9.79 Å². The number of rotatable bonds is 3. The highest BCUT2D eigenvalue weighted by molar-refractivity contribution is 6.63. The fraction of sp³-hybridized carbons (Fsp3) is 0.333. The van der Waals surface area contributed by atoms with Crippen molar-refractivity contribution in [3.05, 3.63) is 35.4 Å². The van der Waals surface area contributed by atoms with E-state index in [1.165, 1.54) is 0 Å². The van der Waals surface area contributed by atoms with Crippen molar-refractivity contribution in [1.82, 2.24) is 5.32 Å². The maximum atomic E-state index is 10.7. The van der Waals surface area contributed by atoms with E-state index in [1.54, 1.807) is 0 Å². The number of nitrogens with zero attached hydrogens (tertiary/aromatic N) is 1. The minimum atomic E-state index is -0.333. The zero-order chi connectivity index (χ0) is 11.4. The topological polar surface area (TPSA) is 41.5 Å². The van der Waals surface area contributed by atoms with Crippen molar-refractivity contribution >= 4 is 22.7 Å². The van der Waals surface area contributed by atoms with Crippen LogP contribution in [0.5, 0.6) is 0 Å². The van der Waals surface area contributed by atoms with Gasteiger partial charge in [0.1, 0.15) is 5.84 Å². The van der Waals surface area contributed by atoms with Crippen LogP contribution in [0.4, 0.5) is 0 Å². The van der Waals surface area contributed by atoms with Crippen molar-refractivity contribution in [2.45, 2.75) is 12.8 Å². The molecule has 0 saturated heterocycles. The third-order valence-corrected chi connectivity index (χ3v) is 2.60. The molecule has 0 aliphatic carbocycles. The Morgan fingerprint density at radius 2 is 2.12 bits per heavy atom. The molecule has 3 nitrogen and oxygen atoms in total. The van der Waals surface area contributed by atoms with Crippen LogP contribution in [0.1, 0.15) is 17.5 Å². The molecule has 2 rings (SSSR count). The third kappa shape index (κ3) is 2.83. The molecule has 0 spiro atoms. The molecule has 4 heteroatoms. The second-order valence-electron chi connectivity index (χ2n) is 3.74. The number of carbonyl (C=O) groups is 1. The van der Waals surface area contributed by atoms with Gasteiger partial charge in [0.15, 0.2) is 0 Å². The van der Waals surface area contributed by atoms with Crippen molar-refractivity contribution in [3.8, 4) is 0 Å². The van der Waals surface area contributed by atoms with Crippen molar-refractivity contribution in [2.24, 2.45) is 4.99 Å². The summed E-state index contributed by atoms with van der Waals surface area (Å²) in [5.41, 5.74) is 1.99. The van der Waals surface area contributed by atoms with Gasteiger partial charge in [0, 0.05) is 25.1 Å². The Bertz CT molecular complexity index is 412. The van der Waals surface area contributed by atoms with E-state index in [-0.39, 0.29) is 11.7 Å². The van der Waals surface area contributed by atoms with E-state index in [2.05, 4.69) is 10.3 Å². The standard InChI is InChI=1S/C12H13ClN2O/c13-11(16)8-9-2-4-10(5-3-9)12-14-6-1-7-15-12/h2-5H,1,6-8H2,(H,14,15). The number of nitrogens with one attached hydrogen (secondary N) is 1. The van der Waals surface area contributed by atoms with Gasteiger partial charge in [0.05, 0.1) is 0 Å². The molecule has 1 N–H and O–H groups in total. The fourth-order valence-electron chi connectivity index (χ4n) is 1.67. The van der Waals surface area contributed by atoms with E-state index in [1.807, 2.05) is 24.3 Å². The third-order valence-electron chi connectivity index (χ3n) is 2.47. The van der Waals surface area contributed by atoms with Gasteiger partial charge in [-0.2, -0.15) is 0 Å². The van der Waals surface area contributed by atoms with Gasteiger partial charge in [0.25, 0.3) is 0 Å². The molecular weight excluding hydrogens is 224 g/mol. The first-order chi connectivity index (χ1) is 7.75. The monoisotopic (exact) mass is 236 g/mol. The Labute approximate surface area is 99.5 Å². The number of benzene rings is 1. The smallest absolute Gasteiger partial charge is 0.226 e. The zero-order valence-electron chi connectivity index (χ0n) is 8.87. The molecule has 84 valence electrons. The minimum absolute atomic E-state index is 0.280. The second kappa shape index (κ2) is 5.12. The van der Waals surface area contributed by atoms with Crippen LogP contribution in [0, 0.1) is 0 Å². The molecule has 0 unspecified atom stereocenters. The zero-order valence-corrected chi connectivity index (χ0v) is 9.63. The van der Waals surface area contributed by atoms with Gasteiger partial charge in [-0.15, -0.1) is 0 Å². The minimum Gasteiger partial charge on any atom is -0.370 e. The van der Waals surface area contributed by atoms with Crippen molar-refractivity contribution in [3.63, 3.8) is 0 Å². The maximum Gasteiger partial charge on any atom is 0.226 e. The van der Waals surface area contributed by atoms with Crippen LogP contribution >= 0.6 is 11.6 Å². The van der Waals surface area contributed by atoms with Crippen molar-refractivity contribution in [1.29, 1.82) is 0 Å². The van der Waals surface area contributed by atoms with Crippen LogP contribution < -0.4 is 5.32 Å². The summed E-state index contributed by atoms with van der Waals surface area (Å²) in [4.78, 5) is 15.1. The summed E-state index contributed by atoms with van der Waals surface area (Å²) in [7, 11) is 0. The maximum absolute atomic E-state index is 10.7. The van der Waals surface area contributed by atoms with Gasteiger partial charge >= 0.3 is 0 Å². The number of hydrogen-bond donors (Lipinski definition) is 1. The van der Waals surface area contributed by atoms with Crippen LogP contribution in [0.15, 0.2) is 29.3 Å². The van der Waals surface area contributed by atoms with Crippen molar-refractivity contribution < 1.29 is 4.79 Å². The SMILES string of the molecule is O=C(Cl)Cc1ccc(C2=NCCCN2)cc1.